The Bertz CT molecular complexity index is 204. The minimum atomic E-state index is 0.226. The van der Waals surface area contributed by atoms with Gasteiger partial charge in [-0.1, -0.05) is 6.92 Å². The van der Waals surface area contributed by atoms with Gasteiger partial charge in [0.25, 0.3) is 0 Å². The summed E-state index contributed by atoms with van der Waals surface area (Å²) in [4.78, 5) is 6.94. The maximum Gasteiger partial charge on any atom is 0.0829 e. The van der Waals surface area contributed by atoms with Gasteiger partial charge in [-0.15, -0.1) is 0 Å². The van der Waals surface area contributed by atoms with Crippen LogP contribution in [0.3, 0.4) is 0 Å². The van der Waals surface area contributed by atoms with E-state index in [1.165, 1.54) is 0 Å². The van der Waals surface area contributed by atoms with E-state index < -0.39 is 0 Å². The Kier molecular flexibility index (Phi) is 6.65. The summed E-state index contributed by atoms with van der Waals surface area (Å²) in [5.41, 5.74) is 0.226. The zero-order valence-electron chi connectivity index (χ0n) is 12.0. The zero-order valence-corrected chi connectivity index (χ0v) is 12.0. The first-order chi connectivity index (χ1) is 7.27. The maximum atomic E-state index is 4.49. The van der Waals surface area contributed by atoms with Crippen LogP contribution in [-0.2, 0) is 0 Å². The fourth-order valence-corrected chi connectivity index (χ4v) is 1.56. The van der Waals surface area contributed by atoms with Gasteiger partial charge in [0, 0.05) is 18.1 Å². The molecule has 0 heterocycles. The van der Waals surface area contributed by atoms with E-state index in [4.69, 9.17) is 0 Å². The van der Waals surface area contributed by atoms with E-state index in [0.29, 0.717) is 12.1 Å². The molecule has 0 spiro atoms. The summed E-state index contributed by atoms with van der Waals surface area (Å²) in [6.45, 7) is 17.4. The highest BCUT2D eigenvalue weighted by atomic mass is 15.2. The molecule has 0 aromatic rings. The van der Waals surface area contributed by atoms with Crippen LogP contribution in [0.2, 0.25) is 0 Å². The monoisotopic (exact) mass is 227 g/mol. The molecule has 0 saturated carbocycles. The Balaban J connectivity index is 4.11. The fourth-order valence-electron chi connectivity index (χ4n) is 1.56. The highest BCUT2D eigenvalue weighted by Gasteiger charge is 2.20. The van der Waals surface area contributed by atoms with Crippen molar-refractivity contribution < 1.29 is 0 Å². The molecule has 0 aliphatic rings. The SMILES string of the molecule is CCN(CC(C)N=CNC(C)C)C(C)(C)C. The van der Waals surface area contributed by atoms with E-state index in [9.17, 15) is 0 Å². The molecule has 0 radical (unpaired) electrons. The Morgan fingerprint density at radius 2 is 1.81 bits per heavy atom. The van der Waals surface area contributed by atoms with Gasteiger partial charge in [0.1, 0.15) is 0 Å². The average Bonchev–Trinajstić information content (AvgIpc) is 2.11. The van der Waals surface area contributed by atoms with Gasteiger partial charge in [-0.25, -0.2) is 0 Å². The van der Waals surface area contributed by atoms with Crippen molar-refractivity contribution in [3.63, 3.8) is 0 Å². The van der Waals surface area contributed by atoms with Crippen LogP contribution < -0.4 is 5.32 Å². The second-order valence-corrected chi connectivity index (χ2v) is 5.66. The molecule has 0 aromatic heterocycles. The number of aliphatic imine (C=N–C) groups is 1. The number of hydrogen-bond acceptors (Lipinski definition) is 2. The van der Waals surface area contributed by atoms with Crippen LogP contribution in [0.15, 0.2) is 4.99 Å². The summed E-state index contributed by atoms with van der Waals surface area (Å²) in [5, 5.41) is 3.20. The van der Waals surface area contributed by atoms with Crippen LogP contribution in [0.4, 0.5) is 0 Å². The van der Waals surface area contributed by atoms with Crippen molar-refractivity contribution in [2.75, 3.05) is 13.1 Å². The van der Waals surface area contributed by atoms with E-state index in [1.54, 1.807) is 0 Å². The van der Waals surface area contributed by atoms with Gasteiger partial charge in [-0.05, 0) is 48.1 Å². The molecule has 0 aliphatic heterocycles. The lowest BCUT2D eigenvalue weighted by Crippen LogP contribution is -2.44. The van der Waals surface area contributed by atoms with Crippen molar-refractivity contribution >= 4 is 6.34 Å². The molecule has 1 N–H and O–H groups in total. The van der Waals surface area contributed by atoms with E-state index in [-0.39, 0.29) is 5.54 Å². The van der Waals surface area contributed by atoms with Gasteiger partial charge in [0.2, 0.25) is 0 Å². The molecule has 3 nitrogen and oxygen atoms in total. The molecule has 0 aromatic carbocycles. The molecule has 1 atom stereocenters. The van der Waals surface area contributed by atoms with Crippen molar-refractivity contribution in [3.8, 4) is 0 Å². The number of nitrogens with one attached hydrogen (secondary N) is 1. The van der Waals surface area contributed by atoms with Crippen LogP contribution in [0.25, 0.3) is 0 Å². The fraction of sp³-hybridized carbons (Fsp3) is 0.923. The Hall–Kier alpha value is -0.570. The first kappa shape index (κ1) is 15.4. The van der Waals surface area contributed by atoms with Gasteiger partial charge < -0.3 is 5.32 Å². The largest absolute Gasteiger partial charge is 0.374 e. The van der Waals surface area contributed by atoms with Crippen molar-refractivity contribution in [3.05, 3.63) is 0 Å². The van der Waals surface area contributed by atoms with E-state index in [2.05, 4.69) is 63.7 Å². The summed E-state index contributed by atoms with van der Waals surface area (Å²) in [6.07, 6.45) is 1.84. The number of nitrogens with zero attached hydrogens (tertiary/aromatic N) is 2. The minimum Gasteiger partial charge on any atom is -0.374 e. The molecule has 1 unspecified atom stereocenters. The summed E-state index contributed by atoms with van der Waals surface area (Å²) in [5.74, 6) is 0. The zero-order chi connectivity index (χ0) is 12.8. The van der Waals surface area contributed by atoms with Gasteiger partial charge in [-0.3, -0.25) is 9.89 Å². The first-order valence-corrected chi connectivity index (χ1v) is 6.30. The molecule has 0 saturated heterocycles. The molecule has 0 amide bonds. The van der Waals surface area contributed by atoms with E-state index >= 15 is 0 Å². The second-order valence-electron chi connectivity index (χ2n) is 5.66. The predicted molar refractivity (Wildman–Crippen MR) is 73.2 cm³/mol. The molecule has 0 aliphatic carbocycles. The molecular formula is C13H29N3. The van der Waals surface area contributed by atoms with Gasteiger partial charge >= 0.3 is 0 Å². The van der Waals surface area contributed by atoms with Crippen LogP contribution in [0.5, 0.6) is 0 Å². The molecular weight excluding hydrogens is 198 g/mol. The highest BCUT2D eigenvalue weighted by Crippen LogP contribution is 2.13. The lowest BCUT2D eigenvalue weighted by Gasteiger charge is -2.35. The summed E-state index contributed by atoms with van der Waals surface area (Å²) in [7, 11) is 0. The standard InChI is InChI=1S/C13H29N3/c1-8-16(13(5,6)7)9-12(4)15-10-14-11(2)3/h10-12H,8-9H2,1-7H3,(H,14,15). The molecule has 0 bridgehead atoms. The molecule has 96 valence electrons. The number of hydrogen-bond donors (Lipinski definition) is 1. The Morgan fingerprint density at radius 1 is 1.25 bits per heavy atom. The summed E-state index contributed by atoms with van der Waals surface area (Å²) >= 11 is 0. The van der Waals surface area contributed by atoms with Crippen molar-refractivity contribution in [1.29, 1.82) is 0 Å². The van der Waals surface area contributed by atoms with Crippen LogP contribution in [0, 0.1) is 0 Å². The topological polar surface area (TPSA) is 27.6 Å². The maximum absolute atomic E-state index is 4.49. The van der Waals surface area contributed by atoms with Gasteiger partial charge in [0.05, 0.1) is 12.4 Å². The van der Waals surface area contributed by atoms with Crippen molar-refractivity contribution in [1.82, 2.24) is 10.2 Å². The summed E-state index contributed by atoms with van der Waals surface area (Å²) < 4.78 is 0. The molecule has 0 rings (SSSR count). The summed E-state index contributed by atoms with van der Waals surface area (Å²) in [6, 6.07) is 0.797. The van der Waals surface area contributed by atoms with Crippen LogP contribution in [0.1, 0.15) is 48.5 Å². The van der Waals surface area contributed by atoms with Gasteiger partial charge in [-0.2, -0.15) is 0 Å². The predicted octanol–water partition coefficient (Wildman–Crippen LogP) is 2.52. The smallest absolute Gasteiger partial charge is 0.0829 e. The van der Waals surface area contributed by atoms with E-state index in [1.807, 2.05) is 6.34 Å². The third-order valence-corrected chi connectivity index (χ3v) is 2.55. The van der Waals surface area contributed by atoms with Crippen LogP contribution >= 0.6 is 0 Å². The van der Waals surface area contributed by atoms with Gasteiger partial charge in [0.15, 0.2) is 0 Å². The Morgan fingerprint density at radius 3 is 2.19 bits per heavy atom. The highest BCUT2D eigenvalue weighted by molar-refractivity contribution is 5.54. The second kappa shape index (κ2) is 6.89. The minimum absolute atomic E-state index is 0.226. The third kappa shape index (κ3) is 6.83. The number of likely N-dealkylation sites (N-methyl/N-ethyl adjacent to an activating group) is 1. The lowest BCUT2D eigenvalue weighted by atomic mass is 10.1. The average molecular weight is 227 g/mol. The third-order valence-electron chi connectivity index (χ3n) is 2.55. The van der Waals surface area contributed by atoms with Crippen LogP contribution in [-0.4, -0.2) is 42.0 Å². The van der Waals surface area contributed by atoms with E-state index in [0.717, 1.165) is 13.1 Å². The quantitative estimate of drug-likeness (QED) is 0.558. The first-order valence-electron chi connectivity index (χ1n) is 6.30. The normalized spacial score (nSPS) is 15.1. The Labute approximate surface area is 101 Å². The molecule has 16 heavy (non-hydrogen) atoms. The van der Waals surface area contributed by atoms with Crippen molar-refractivity contribution in [2.24, 2.45) is 4.99 Å². The molecule has 3 heteroatoms. The lowest BCUT2D eigenvalue weighted by molar-refractivity contribution is 0.138. The molecule has 0 fully saturated rings. The van der Waals surface area contributed by atoms with Crippen molar-refractivity contribution in [2.45, 2.75) is 66.1 Å². The number of rotatable bonds is 6.